The number of Topliss-reactive ketones (excluding diaryl/α,β-unsaturated/α-hetero) is 1. The summed E-state index contributed by atoms with van der Waals surface area (Å²) in [6.45, 7) is -0.0763. The van der Waals surface area contributed by atoms with Gasteiger partial charge >= 0.3 is 5.97 Å². The van der Waals surface area contributed by atoms with Crippen LogP contribution >= 0.6 is 0 Å². The van der Waals surface area contributed by atoms with Crippen LogP contribution in [0, 0.1) is 5.82 Å². The molecule has 3 aromatic carbocycles. The van der Waals surface area contributed by atoms with Crippen molar-refractivity contribution in [3.05, 3.63) is 107 Å². The molecule has 0 radical (unpaired) electrons. The molecular weight excluding hydrogens is 385 g/mol. The molecule has 5 nitrogen and oxygen atoms in total. The highest BCUT2D eigenvalue weighted by atomic mass is 19.1. The summed E-state index contributed by atoms with van der Waals surface area (Å²) in [5.41, 5.74) is 1.46. The van der Waals surface area contributed by atoms with Crippen molar-refractivity contribution in [2.75, 3.05) is 6.61 Å². The third kappa shape index (κ3) is 4.33. The fourth-order valence-corrected chi connectivity index (χ4v) is 2.83. The highest BCUT2D eigenvalue weighted by Crippen LogP contribution is 2.21. The minimum atomic E-state index is -0.651. The van der Waals surface area contributed by atoms with E-state index in [1.807, 2.05) is 6.07 Å². The summed E-state index contributed by atoms with van der Waals surface area (Å²) in [5, 5.41) is 0. The molecule has 0 aromatic heterocycles. The smallest absolute Gasteiger partial charge is 0.363 e. The third-order valence-electron chi connectivity index (χ3n) is 4.37. The highest BCUT2D eigenvalue weighted by molar-refractivity contribution is 6.12. The van der Waals surface area contributed by atoms with E-state index in [-0.39, 0.29) is 29.5 Å². The quantitative estimate of drug-likeness (QED) is 0.348. The van der Waals surface area contributed by atoms with Gasteiger partial charge in [-0.3, -0.25) is 4.79 Å². The van der Waals surface area contributed by atoms with Gasteiger partial charge < -0.3 is 9.47 Å². The molecule has 0 atom stereocenters. The topological polar surface area (TPSA) is 65.0 Å². The molecular formula is C24H16FNO4. The second kappa shape index (κ2) is 8.53. The van der Waals surface area contributed by atoms with E-state index in [1.165, 1.54) is 18.2 Å². The van der Waals surface area contributed by atoms with Crippen LogP contribution in [0.4, 0.5) is 4.39 Å². The van der Waals surface area contributed by atoms with Crippen molar-refractivity contribution in [3.8, 4) is 5.75 Å². The van der Waals surface area contributed by atoms with E-state index in [2.05, 4.69) is 4.99 Å². The zero-order valence-corrected chi connectivity index (χ0v) is 15.7. The van der Waals surface area contributed by atoms with E-state index < -0.39 is 11.8 Å². The maximum atomic E-state index is 13.9. The minimum absolute atomic E-state index is 0.0660. The molecule has 0 saturated heterocycles. The molecule has 0 bridgehead atoms. The first-order chi connectivity index (χ1) is 14.6. The van der Waals surface area contributed by atoms with Crippen molar-refractivity contribution >= 4 is 23.7 Å². The zero-order valence-electron chi connectivity index (χ0n) is 15.7. The average Bonchev–Trinajstić information content (AvgIpc) is 3.14. The molecule has 0 spiro atoms. The molecule has 30 heavy (non-hydrogen) atoms. The Bertz CT molecular complexity index is 1150. The Kier molecular flexibility index (Phi) is 5.48. The van der Waals surface area contributed by atoms with Crippen molar-refractivity contribution in [1.29, 1.82) is 0 Å². The Morgan fingerprint density at radius 2 is 1.67 bits per heavy atom. The standard InChI is InChI=1S/C24H16FNO4/c25-20-9-5-4-8-19(20)23-26-21(24(28)30-23)14-16-10-12-18(13-11-16)29-15-22(27)17-6-2-1-3-7-17/h1-14H,15H2/b21-14-. The Balaban J connectivity index is 1.44. The van der Waals surface area contributed by atoms with Crippen LogP contribution in [0.15, 0.2) is 89.6 Å². The van der Waals surface area contributed by atoms with Gasteiger partial charge in [-0.1, -0.05) is 54.6 Å². The number of carbonyl (C=O) groups is 2. The molecule has 6 heteroatoms. The monoisotopic (exact) mass is 401 g/mol. The Labute approximate surface area is 172 Å². The number of ketones is 1. The van der Waals surface area contributed by atoms with Gasteiger partial charge in [-0.15, -0.1) is 0 Å². The van der Waals surface area contributed by atoms with Gasteiger partial charge in [0.1, 0.15) is 11.6 Å². The molecule has 1 heterocycles. The van der Waals surface area contributed by atoms with E-state index in [1.54, 1.807) is 60.7 Å². The van der Waals surface area contributed by atoms with Crippen molar-refractivity contribution in [2.24, 2.45) is 4.99 Å². The van der Waals surface area contributed by atoms with Crippen molar-refractivity contribution in [2.45, 2.75) is 0 Å². The predicted molar refractivity (Wildman–Crippen MR) is 110 cm³/mol. The number of carbonyl (C=O) groups excluding carboxylic acids is 2. The maximum absolute atomic E-state index is 13.9. The van der Waals surface area contributed by atoms with Crippen LogP contribution in [0.25, 0.3) is 6.08 Å². The number of nitrogens with zero attached hydrogens (tertiary/aromatic N) is 1. The van der Waals surface area contributed by atoms with Crippen LogP contribution in [-0.4, -0.2) is 24.3 Å². The third-order valence-corrected chi connectivity index (χ3v) is 4.37. The first-order valence-electron chi connectivity index (χ1n) is 9.19. The van der Waals surface area contributed by atoms with E-state index >= 15 is 0 Å². The lowest BCUT2D eigenvalue weighted by molar-refractivity contribution is -0.129. The molecule has 1 aliphatic rings. The first-order valence-corrected chi connectivity index (χ1v) is 9.19. The number of halogens is 1. The van der Waals surface area contributed by atoms with Gasteiger partial charge in [-0.2, -0.15) is 0 Å². The summed E-state index contributed by atoms with van der Waals surface area (Å²) < 4.78 is 24.5. The minimum Gasteiger partial charge on any atom is -0.485 e. The second-order valence-corrected chi connectivity index (χ2v) is 6.46. The number of esters is 1. The van der Waals surface area contributed by atoms with Crippen LogP contribution < -0.4 is 4.74 Å². The van der Waals surface area contributed by atoms with Gasteiger partial charge in [0.2, 0.25) is 5.90 Å². The maximum Gasteiger partial charge on any atom is 0.363 e. The van der Waals surface area contributed by atoms with Crippen molar-refractivity contribution < 1.29 is 23.5 Å². The van der Waals surface area contributed by atoms with Crippen LogP contribution in [0.1, 0.15) is 21.5 Å². The number of benzene rings is 3. The van der Waals surface area contributed by atoms with E-state index in [4.69, 9.17) is 9.47 Å². The molecule has 0 unspecified atom stereocenters. The number of hydrogen-bond donors (Lipinski definition) is 0. The summed E-state index contributed by atoms with van der Waals surface area (Å²) in [6.07, 6.45) is 1.54. The lowest BCUT2D eigenvalue weighted by atomic mass is 10.1. The van der Waals surface area contributed by atoms with Gasteiger partial charge in [-0.25, -0.2) is 14.2 Å². The molecule has 4 rings (SSSR count). The Hall–Kier alpha value is -4.06. The summed E-state index contributed by atoms with van der Waals surface area (Å²) in [5.74, 6) is -0.834. The fourth-order valence-electron chi connectivity index (χ4n) is 2.83. The van der Waals surface area contributed by atoms with Crippen LogP contribution in [-0.2, 0) is 9.53 Å². The van der Waals surface area contributed by atoms with Gasteiger partial charge in [0, 0.05) is 5.56 Å². The molecule has 148 valence electrons. The van der Waals surface area contributed by atoms with E-state index in [9.17, 15) is 14.0 Å². The number of rotatable bonds is 6. The SMILES string of the molecule is O=C1OC(c2ccccc2F)=N/C1=C\c1ccc(OCC(=O)c2ccccc2)cc1. The molecule has 1 aliphatic heterocycles. The number of cyclic esters (lactones) is 1. The molecule has 3 aromatic rings. The van der Waals surface area contributed by atoms with E-state index in [0.29, 0.717) is 16.9 Å². The van der Waals surface area contributed by atoms with Crippen molar-refractivity contribution in [3.63, 3.8) is 0 Å². The summed E-state index contributed by atoms with van der Waals surface area (Å²) >= 11 is 0. The van der Waals surface area contributed by atoms with Gasteiger partial charge in [0.15, 0.2) is 18.1 Å². The lowest BCUT2D eigenvalue weighted by Crippen LogP contribution is -2.11. The highest BCUT2D eigenvalue weighted by Gasteiger charge is 2.25. The lowest BCUT2D eigenvalue weighted by Gasteiger charge is -2.06. The number of ether oxygens (including phenoxy) is 2. The summed E-state index contributed by atoms with van der Waals surface area (Å²) in [7, 11) is 0. The van der Waals surface area contributed by atoms with E-state index in [0.717, 1.165) is 0 Å². The molecule has 0 saturated carbocycles. The van der Waals surface area contributed by atoms with Crippen molar-refractivity contribution in [1.82, 2.24) is 0 Å². The predicted octanol–water partition coefficient (Wildman–Crippen LogP) is 4.43. The first kappa shape index (κ1) is 19.3. The number of aliphatic imine (C=N–C) groups is 1. The molecule has 0 aliphatic carbocycles. The Morgan fingerprint density at radius 3 is 2.40 bits per heavy atom. The van der Waals surface area contributed by atoms with Crippen LogP contribution in [0.5, 0.6) is 5.75 Å². The average molecular weight is 401 g/mol. The summed E-state index contributed by atoms with van der Waals surface area (Å²) in [4.78, 5) is 28.3. The fraction of sp³-hybridized carbons (Fsp3) is 0.0417. The zero-order chi connectivity index (χ0) is 20.9. The van der Waals surface area contributed by atoms with Crippen LogP contribution in [0.2, 0.25) is 0 Å². The molecule has 0 amide bonds. The normalized spacial score (nSPS) is 14.4. The van der Waals surface area contributed by atoms with Gasteiger partial charge in [0.05, 0.1) is 5.56 Å². The van der Waals surface area contributed by atoms with Gasteiger partial charge in [-0.05, 0) is 35.9 Å². The molecule has 0 N–H and O–H groups in total. The number of hydrogen-bond acceptors (Lipinski definition) is 5. The Morgan fingerprint density at radius 1 is 0.967 bits per heavy atom. The van der Waals surface area contributed by atoms with Gasteiger partial charge in [0.25, 0.3) is 0 Å². The van der Waals surface area contributed by atoms with Crippen LogP contribution in [0.3, 0.4) is 0 Å². The molecule has 0 fully saturated rings. The second-order valence-electron chi connectivity index (χ2n) is 6.46. The summed E-state index contributed by atoms with van der Waals surface area (Å²) in [6, 6.07) is 21.7. The largest absolute Gasteiger partial charge is 0.485 e.